The van der Waals surface area contributed by atoms with Crippen LogP contribution in [0.1, 0.15) is 50.4 Å². The minimum absolute atomic E-state index is 0.282. The molecule has 0 amide bonds. The highest BCUT2D eigenvalue weighted by molar-refractivity contribution is 7.98. The van der Waals surface area contributed by atoms with Crippen molar-refractivity contribution in [2.75, 3.05) is 29.3 Å². The topological polar surface area (TPSA) is 75.9 Å². The van der Waals surface area contributed by atoms with Crippen molar-refractivity contribution in [2.45, 2.75) is 46.0 Å². The number of nitrogen functional groups attached to an aromatic ring is 1. The van der Waals surface area contributed by atoms with Gasteiger partial charge in [0.25, 0.3) is 0 Å². The number of hydrogen-bond acceptors (Lipinski definition) is 6. The Hall–Kier alpha value is -1.01. The Labute approximate surface area is 126 Å². The van der Waals surface area contributed by atoms with Gasteiger partial charge in [-0.3, -0.25) is 0 Å². The van der Waals surface area contributed by atoms with E-state index in [0.29, 0.717) is 5.82 Å². The Morgan fingerprint density at radius 1 is 1.15 bits per heavy atom. The number of anilines is 2. The lowest BCUT2D eigenvalue weighted by molar-refractivity contribution is 0.741. The smallest absolute Gasteiger partial charge is 0.148 e. The third-order valence-corrected chi connectivity index (χ3v) is 3.83. The van der Waals surface area contributed by atoms with Gasteiger partial charge in [0.2, 0.25) is 0 Å². The van der Waals surface area contributed by atoms with Crippen molar-refractivity contribution in [1.29, 1.82) is 0 Å². The summed E-state index contributed by atoms with van der Waals surface area (Å²) in [5, 5.41) is 3.41. The fourth-order valence-electron chi connectivity index (χ4n) is 1.86. The number of rotatable bonds is 9. The van der Waals surface area contributed by atoms with E-state index in [9.17, 15) is 0 Å². The number of hydrazine groups is 1. The van der Waals surface area contributed by atoms with Crippen LogP contribution in [-0.4, -0.2) is 28.5 Å². The van der Waals surface area contributed by atoms with Crippen molar-refractivity contribution in [2.24, 2.45) is 5.84 Å². The molecule has 1 heterocycles. The van der Waals surface area contributed by atoms with Crippen LogP contribution in [0, 0.1) is 6.92 Å². The highest BCUT2D eigenvalue weighted by Gasteiger charge is 2.12. The molecule has 0 fully saturated rings. The summed E-state index contributed by atoms with van der Waals surface area (Å²) in [4.78, 5) is 9.02. The fraction of sp³-hybridized carbons (Fsp3) is 0.714. The molecule has 1 rings (SSSR count). The molecule has 1 aromatic rings. The average molecular weight is 297 g/mol. The molecule has 0 bridgehead atoms. The second-order valence-electron chi connectivity index (χ2n) is 5.18. The molecule has 0 spiro atoms. The second-order valence-corrected chi connectivity index (χ2v) is 6.17. The molecule has 0 radical (unpaired) electrons. The minimum atomic E-state index is 0.282. The van der Waals surface area contributed by atoms with Crippen LogP contribution in [-0.2, 0) is 0 Å². The molecule has 0 saturated heterocycles. The van der Waals surface area contributed by atoms with Crippen molar-refractivity contribution in [3.63, 3.8) is 0 Å². The molecule has 0 aliphatic carbocycles. The van der Waals surface area contributed by atoms with Gasteiger partial charge < -0.3 is 10.7 Å². The molecule has 5 nitrogen and oxygen atoms in total. The Balaban J connectivity index is 2.61. The number of unbranched alkanes of at least 4 members (excludes halogenated alkanes) is 2. The van der Waals surface area contributed by atoms with E-state index >= 15 is 0 Å². The average Bonchev–Trinajstić information content (AvgIpc) is 2.44. The third-order valence-electron chi connectivity index (χ3n) is 3.13. The van der Waals surface area contributed by atoms with Gasteiger partial charge in [-0.1, -0.05) is 20.3 Å². The summed E-state index contributed by atoms with van der Waals surface area (Å²) in [6.45, 7) is 7.08. The Kier molecular flexibility index (Phi) is 7.69. The summed E-state index contributed by atoms with van der Waals surface area (Å²) in [7, 11) is 0. The maximum Gasteiger partial charge on any atom is 0.148 e. The molecule has 0 aliphatic rings. The number of thioether (sulfide) groups is 1. The summed E-state index contributed by atoms with van der Waals surface area (Å²) >= 11 is 1.91. The molecule has 6 heteroatoms. The third kappa shape index (κ3) is 5.17. The number of hydrogen-bond donors (Lipinski definition) is 3. The molecular formula is C14H27N5S. The van der Waals surface area contributed by atoms with Crippen LogP contribution in [0.4, 0.5) is 11.6 Å². The maximum atomic E-state index is 5.53. The Morgan fingerprint density at radius 2 is 1.85 bits per heavy atom. The first kappa shape index (κ1) is 17.0. The van der Waals surface area contributed by atoms with Crippen LogP contribution >= 0.6 is 11.8 Å². The molecule has 0 aliphatic heterocycles. The Bertz CT molecular complexity index is 409. The van der Waals surface area contributed by atoms with Gasteiger partial charge in [0, 0.05) is 18.0 Å². The largest absolute Gasteiger partial charge is 0.370 e. The van der Waals surface area contributed by atoms with Crippen LogP contribution in [0.25, 0.3) is 0 Å². The van der Waals surface area contributed by atoms with Crippen molar-refractivity contribution in [3.8, 4) is 0 Å². The first-order chi connectivity index (χ1) is 9.60. The summed E-state index contributed by atoms with van der Waals surface area (Å²) in [6.07, 6.45) is 5.83. The number of nitrogens with one attached hydrogen (secondary N) is 2. The van der Waals surface area contributed by atoms with E-state index in [1.54, 1.807) is 0 Å². The first-order valence-electron chi connectivity index (χ1n) is 7.18. The van der Waals surface area contributed by atoms with Gasteiger partial charge >= 0.3 is 0 Å². The SMILES string of the molecule is CSCCCCCNc1nc(C(C)C)nc(NN)c1C. The second kappa shape index (κ2) is 9.02. The van der Waals surface area contributed by atoms with Gasteiger partial charge in [0.05, 0.1) is 0 Å². The molecule has 0 saturated carbocycles. The van der Waals surface area contributed by atoms with Gasteiger partial charge in [-0.2, -0.15) is 11.8 Å². The number of nitrogens with two attached hydrogens (primary N) is 1. The lowest BCUT2D eigenvalue weighted by Crippen LogP contribution is -2.16. The van der Waals surface area contributed by atoms with Crippen molar-refractivity contribution in [1.82, 2.24) is 9.97 Å². The first-order valence-corrected chi connectivity index (χ1v) is 8.57. The standard InChI is InChI=1S/C14H27N5S/c1-10(2)12-17-13(11(3)14(18-12)19-15)16-8-6-5-7-9-20-4/h10H,5-9,15H2,1-4H3,(H2,16,17,18,19). The van der Waals surface area contributed by atoms with E-state index in [-0.39, 0.29) is 5.92 Å². The summed E-state index contributed by atoms with van der Waals surface area (Å²) in [5.41, 5.74) is 3.63. The van der Waals surface area contributed by atoms with Crippen molar-refractivity contribution in [3.05, 3.63) is 11.4 Å². The highest BCUT2D eigenvalue weighted by atomic mass is 32.2. The molecule has 0 aromatic carbocycles. The van der Waals surface area contributed by atoms with Gasteiger partial charge in [-0.25, -0.2) is 15.8 Å². The normalized spacial score (nSPS) is 10.9. The monoisotopic (exact) mass is 297 g/mol. The zero-order valence-electron chi connectivity index (χ0n) is 13.0. The van der Waals surface area contributed by atoms with Gasteiger partial charge in [-0.05, 0) is 31.8 Å². The van der Waals surface area contributed by atoms with Gasteiger partial charge in [-0.15, -0.1) is 0 Å². The lowest BCUT2D eigenvalue weighted by Gasteiger charge is -2.15. The van der Waals surface area contributed by atoms with E-state index in [0.717, 1.165) is 30.2 Å². The molecule has 0 unspecified atom stereocenters. The van der Waals surface area contributed by atoms with Crippen LogP contribution in [0.15, 0.2) is 0 Å². The summed E-state index contributed by atoms with van der Waals surface area (Å²) < 4.78 is 0. The predicted octanol–water partition coefficient (Wildman–Crippen LogP) is 3.14. The van der Waals surface area contributed by atoms with Crippen LogP contribution < -0.4 is 16.6 Å². The van der Waals surface area contributed by atoms with Crippen LogP contribution in [0.5, 0.6) is 0 Å². The molecular weight excluding hydrogens is 270 g/mol. The molecule has 1 aromatic heterocycles. The van der Waals surface area contributed by atoms with Crippen LogP contribution in [0.3, 0.4) is 0 Å². The summed E-state index contributed by atoms with van der Waals surface area (Å²) in [6, 6.07) is 0. The zero-order valence-corrected chi connectivity index (χ0v) is 13.8. The van der Waals surface area contributed by atoms with Gasteiger partial charge in [0.15, 0.2) is 0 Å². The predicted molar refractivity (Wildman–Crippen MR) is 89.4 cm³/mol. The minimum Gasteiger partial charge on any atom is -0.370 e. The summed E-state index contributed by atoms with van der Waals surface area (Å²) in [5.74, 6) is 9.46. The molecule has 20 heavy (non-hydrogen) atoms. The quantitative estimate of drug-likeness (QED) is 0.369. The number of nitrogens with zero attached hydrogens (tertiary/aromatic N) is 2. The Morgan fingerprint density at radius 3 is 2.45 bits per heavy atom. The van der Waals surface area contributed by atoms with Crippen molar-refractivity contribution < 1.29 is 0 Å². The number of aromatic nitrogens is 2. The fourth-order valence-corrected chi connectivity index (χ4v) is 2.35. The van der Waals surface area contributed by atoms with E-state index in [2.05, 4.69) is 40.8 Å². The van der Waals surface area contributed by atoms with Gasteiger partial charge in [0.1, 0.15) is 17.5 Å². The van der Waals surface area contributed by atoms with E-state index < -0.39 is 0 Å². The molecule has 4 N–H and O–H groups in total. The van der Waals surface area contributed by atoms with E-state index in [1.165, 1.54) is 18.6 Å². The maximum absolute atomic E-state index is 5.53. The lowest BCUT2D eigenvalue weighted by atomic mass is 10.2. The highest BCUT2D eigenvalue weighted by Crippen LogP contribution is 2.22. The van der Waals surface area contributed by atoms with Crippen molar-refractivity contribution >= 4 is 23.4 Å². The van der Waals surface area contributed by atoms with Crippen LogP contribution in [0.2, 0.25) is 0 Å². The zero-order chi connectivity index (χ0) is 15.0. The van der Waals surface area contributed by atoms with E-state index in [1.807, 2.05) is 18.7 Å². The molecule has 0 atom stereocenters. The molecule has 114 valence electrons. The van der Waals surface area contributed by atoms with E-state index in [4.69, 9.17) is 5.84 Å².